The lowest BCUT2D eigenvalue weighted by atomic mass is 10.0. The van der Waals surface area contributed by atoms with E-state index >= 15 is 0 Å². The second-order valence-corrected chi connectivity index (χ2v) is 5.89. The summed E-state index contributed by atoms with van der Waals surface area (Å²) >= 11 is 0. The van der Waals surface area contributed by atoms with Crippen molar-refractivity contribution in [1.29, 1.82) is 0 Å². The molecule has 1 aliphatic rings. The summed E-state index contributed by atoms with van der Waals surface area (Å²) in [6, 6.07) is -0.331. The van der Waals surface area contributed by atoms with Crippen molar-refractivity contribution >= 4 is 11.8 Å². The van der Waals surface area contributed by atoms with Crippen LogP contribution >= 0.6 is 0 Å². The van der Waals surface area contributed by atoms with Gasteiger partial charge in [0.1, 0.15) is 6.04 Å². The fourth-order valence-corrected chi connectivity index (χ4v) is 2.45. The van der Waals surface area contributed by atoms with Crippen LogP contribution in [0, 0.1) is 5.92 Å². The van der Waals surface area contributed by atoms with Crippen molar-refractivity contribution in [3.05, 3.63) is 0 Å². The monoisotopic (exact) mass is 268 g/mol. The lowest BCUT2D eigenvalue weighted by Crippen LogP contribution is -2.48. The Bertz CT molecular complexity index is 297. The van der Waals surface area contributed by atoms with Crippen molar-refractivity contribution in [2.75, 3.05) is 13.1 Å². The Kier molecular flexibility index (Phi) is 6.89. The SMILES string of the molecule is CCCCC(=O)N[C@@H](CC(C)C)C(=O)N1CCCC1. The first-order chi connectivity index (χ1) is 9.04. The second kappa shape index (κ2) is 8.18. The summed E-state index contributed by atoms with van der Waals surface area (Å²) in [5, 5.41) is 2.93. The van der Waals surface area contributed by atoms with E-state index in [1.165, 1.54) is 0 Å². The third kappa shape index (κ3) is 5.62. The molecule has 4 nitrogen and oxygen atoms in total. The fourth-order valence-electron chi connectivity index (χ4n) is 2.45. The second-order valence-electron chi connectivity index (χ2n) is 5.89. The number of hydrogen-bond acceptors (Lipinski definition) is 2. The lowest BCUT2D eigenvalue weighted by Gasteiger charge is -2.25. The summed E-state index contributed by atoms with van der Waals surface area (Å²) in [4.78, 5) is 26.1. The molecule has 1 saturated heterocycles. The number of carbonyl (C=O) groups is 2. The molecule has 0 unspecified atom stereocenters. The first-order valence-electron chi connectivity index (χ1n) is 7.62. The maximum absolute atomic E-state index is 12.4. The number of unbranched alkanes of at least 4 members (excludes halogenated alkanes) is 1. The highest BCUT2D eigenvalue weighted by molar-refractivity contribution is 5.87. The molecule has 1 heterocycles. The molecule has 0 aromatic heterocycles. The van der Waals surface area contributed by atoms with Gasteiger partial charge in [-0.15, -0.1) is 0 Å². The molecular weight excluding hydrogens is 240 g/mol. The van der Waals surface area contributed by atoms with Crippen LogP contribution in [0.3, 0.4) is 0 Å². The molecular formula is C15H28N2O2. The molecule has 1 atom stereocenters. The molecule has 0 spiro atoms. The van der Waals surface area contributed by atoms with Gasteiger partial charge in [-0.05, 0) is 31.6 Å². The number of nitrogens with one attached hydrogen (secondary N) is 1. The van der Waals surface area contributed by atoms with Gasteiger partial charge >= 0.3 is 0 Å². The third-order valence-corrected chi connectivity index (χ3v) is 3.52. The highest BCUT2D eigenvalue weighted by Gasteiger charge is 2.27. The number of likely N-dealkylation sites (tertiary alicyclic amines) is 1. The van der Waals surface area contributed by atoms with Gasteiger partial charge in [0.2, 0.25) is 11.8 Å². The van der Waals surface area contributed by atoms with E-state index in [0.29, 0.717) is 12.3 Å². The summed E-state index contributed by atoms with van der Waals surface area (Å²) in [5.41, 5.74) is 0. The molecule has 110 valence electrons. The van der Waals surface area contributed by atoms with Crippen LogP contribution in [0.1, 0.15) is 59.3 Å². The topological polar surface area (TPSA) is 49.4 Å². The maximum atomic E-state index is 12.4. The molecule has 0 aromatic rings. The number of carbonyl (C=O) groups excluding carboxylic acids is 2. The van der Waals surface area contributed by atoms with Crippen molar-refractivity contribution in [2.24, 2.45) is 5.92 Å². The summed E-state index contributed by atoms with van der Waals surface area (Å²) in [6.07, 6.45) is 5.32. The van der Waals surface area contributed by atoms with E-state index in [4.69, 9.17) is 0 Å². The predicted octanol–water partition coefficient (Wildman–Crippen LogP) is 2.33. The van der Waals surface area contributed by atoms with Gasteiger partial charge in [-0.3, -0.25) is 9.59 Å². The molecule has 0 aromatic carbocycles. The standard InChI is InChI=1S/C15H28N2O2/c1-4-5-8-14(18)16-13(11-12(2)3)15(19)17-9-6-7-10-17/h12-13H,4-11H2,1-3H3,(H,16,18)/t13-/m0/s1. The Morgan fingerprint density at radius 1 is 1.21 bits per heavy atom. The molecule has 0 aliphatic carbocycles. The Morgan fingerprint density at radius 2 is 1.84 bits per heavy atom. The van der Waals surface area contributed by atoms with Gasteiger partial charge in [-0.25, -0.2) is 0 Å². The van der Waals surface area contributed by atoms with Crippen LogP contribution < -0.4 is 5.32 Å². The minimum absolute atomic E-state index is 0.0139. The van der Waals surface area contributed by atoms with Crippen LogP contribution in [0.25, 0.3) is 0 Å². The van der Waals surface area contributed by atoms with Gasteiger partial charge in [0.05, 0.1) is 0 Å². The highest BCUT2D eigenvalue weighted by Crippen LogP contribution is 2.13. The van der Waals surface area contributed by atoms with Gasteiger partial charge in [0, 0.05) is 19.5 Å². The summed E-state index contributed by atoms with van der Waals surface area (Å²) in [6.45, 7) is 7.93. The zero-order valence-electron chi connectivity index (χ0n) is 12.6. The zero-order chi connectivity index (χ0) is 14.3. The summed E-state index contributed by atoms with van der Waals surface area (Å²) < 4.78 is 0. The van der Waals surface area contributed by atoms with Gasteiger partial charge in [-0.2, -0.15) is 0 Å². The molecule has 4 heteroatoms. The number of rotatable bonds is 7. The Labute approximate surface area is 116 Å². The molecule has 19 heavy (non-hydrogen) atoms. The quantitative estimate of drug-likeness (QED) is 0.770. The Balaban J connectivity index is 2.54. The summed E-state index contributed by atoms with van der Waals surface area (Å²) in [5.74, 6) is 0.527. The maximum Gasteiger partial charge on any atom is 0.245 e. The summed E-state index contributed by atoms with van der Waals surface area (Å²) in [7, 11) is 0. The van der Waals surface area contributed by atoms with E-state index in [2.05, 4.69) is 26.1 Å². The van der Waals surface area contributed by atoms with Crippen molar-refractivity contribution < 1.29 is 9.59 Å². The molecule has 1 fully saturated rings. The Hall–Kier alpha value is -1.06. The number of amides is 2. The van der Waals surface area contributed by atoms with Crippen molar-refractivity contribution in [2.45, 2.75) is 65.3 Å². The van der Waals surface area contributed by atoms with E-state index in [-0.39, 0.29) is 17.9 Å². The largest absolute Gasteiger partial charge is 0.344 e. The van der Waals surface area contributed by atoms with Crippen molar-refractivity contribution in [3.63, 3.8) is 0 Å². The van der Waals surface area contributed by atoms with Crippen LogP contribution in [0.4, 0.5) is 0 Å². The smallest absolute Gasteiger partial charge is 0.245 e. The van der Waals surface area contributed by atoms with Crippen molar-refractivity contribution in [1.82, 2.24) is 10.2 Å². The molecule has 2 amide bonds. The molecule has 1 aliphatic heterocycles. The van der Waals surface area contributed by atoms with Crippen LogP contribution in [-0.2, 0) is 9.59 Å². The lowest BCUT2D eigenvalue weighted by molar-refractivity contribution is -0.136. The minimum Gasteiger partial charge on any atom is -0.344 e. The fraction of sp³-hybridized carbons (Fsp3) is 0.867. The molecule has 1 rings (SSSR count). The Morgan fingerprint density at radius 3 is 2.37 bits per heavy atom. The normalized spacial score (nSPS) is 16.7. The van der Waals surface area contributed by atoms with Gasteiger partial charge in [-0.1, -0.05) is 27.2 Å². The molecule has 0 radical (unpaired) electrons. The van der Waals surface area contributed by atoms with Crippen molar-refractivity contribution in [3.8, 4) is 0 Å². The first-order valence-corrected chi connectivity index (χ1v) is 7.62. The average Bonchev–Trinajstić information content (AvgIpc) is 2.87. The van der Waals surface area contributed by atoms with E-state index in [9.17, 15) is 9.59 Å². The van der Waals surface area contributed by atoms with Crippen LogP contribution in [0.5, 0.6) is 0 Å². The van der Waals surface area contributed by atoms with E-state index in [1.807, 2.05) is 4.90 Å². The van der Waals surface area contributed by atoms with Gasteiger partial charge in [0.25, 0.3) is 0 Å². The molecule has 0 saturated carbocycles. The van der Waals surface area contributed by atoms with Crippen LogP contribution in [0.2, 0.25) is 0 Å². The van der Waals surface area contributed by atoms with Crippen LogP contribution in [0.15, 0.2) is 0 Å². The number of hydrogen-bond donors (Lipinski definition) is 1. The zero-order valence-corrected chi connectivity index (χ0v) is 12.6. The van der Waals surface area contributed by atoms with E-state index in [0.717, 1.165) is 45.2 Å². The third-order valence-electron chi connectivity index (χ3n) is 3.52. The van der Waals surface area contributed by atoms with Crippen LogP contribution in [-0.4, -0.2) is 35.8 Å². The predicted molar refractivity (Wildman–Crippen MR) is 76.7 cm³/mol. The van der Waals surface area contributed by atoms with Gasteiger partial charge in [0.15, 0.2) is 0 Å². The average molecular weight is 268 g/mol. The first kappa shape index (κ1) is 16.0. The van der Waals surface area contributed by atoms with Gasteiger partial charge < -0.3 is 10.2 Å². The minimum atomic E-state index is -0.331. The van der Waals surface area contributed by atoms with E-state index in [1.54, 1.807) is 0 Å². The van der Waals surface area contributed by atoms with E-state index < -0.39 is 0 Å². The number of nitrogens with zero attached hydrogens (tertiary/aromatic N) is 1. The molecule has 1 N–H and O–H groups in total. The highest BCUT2D eigenvalue weighted by atomic mass is 16.2. The molecule has 0 bridgehead atoms.